The molecular formula is C11H12F2O2. The van der Waals surface area contributed by atoms with Crippen LogP contribution in [0.3, 0.4) is 0 Å². The third-order valence-electron chi connectivity index (χ3n) is 2.07. The summed E-state index contributed by atoms with van der Waals surface area (Å²) in [4.78, 5) is 11.4. The molecule has 1 N–H and O–H groups in total. The molecule has 0 spiro atoms. The van der Waals surface area contributed by atoms with E-state index in [4.69, 9.17) is 0 Å². The lowest BCUT2D eigenvalue weighted by molar-refractivity contribution is 0.0720. The van der Waals surface area contributed by atoms with E-state index in [0.29, 0.717) is 6.42 Å². The Hall–Kier alpha value is -1.29. The largest absolute Gasteiger partial charge is 0.385 e. The Labute approximate surface area is 86.5 Å². The number of benzene rings is 1. The molecule has 1 aromatic carbocycles. The average Bonchev–Trinajstić information content (AvgIpc) is 2.17. The summed E-state index contributed by atoms with van der Waals surface area (Å²) in [6.07, 6.45) is -0.559. The molecule has 0 aliphatic rings. The standard InChI is InChI=1S/C11H12F2O2/c1-2-4-9(14)11(15)10-7(12)5-3-6-8(10)13/h3,5-6,9,14H,2,4H2,1H3. The molecule has 0 heterocycles. The van der Waals surface area contributed by atoms with Gasteiger partial charge >= 0.3 is 0 Å². The number of aliphatic hydroxyl groups excluding tert-OH is 1. The number of ketones is 1. The van der Waals surface area contributed by atoms with Gasteiger partial charge in [-0.1, -0.05) is 19.4 Å². The second kappa shape index (κ2) is 4.98. The van der Waals surface area contributed by atoms with Gasteiger partial charge in [0.25, 0.3) is 0 Å². The smallest absolute Gasteiger partial charge is 0.197 e. The van der Waals surface area contributed by atoms with Crippen LogP contribution < -0.4 is 0 Å². The number of carbonyl (C=O) groups is 1. The van der Waals surface area contributed by atoms with Crippen LogP contribution in [-0.4, -0.2) is 17.0 Å². The zero-order valence-corrected chi connectivity index (χ0v) is 8.34. The van der Waals surface area contributed by atoms with E-state index in [-0.39, 0.29) is 6.42 Å². The minimum Gasteiger partial charge on any atom is -0.385 e. The van der Waals surface area contributed by atoms with E-state index in [1.165, 1.54) is 6.07 Å². The Balaban J connectivity index is 3.00. The van der Waals surface area contributed by atoms with E-state index in [1.807, 2.05) is 0 Å². The van der Waals surface area contributed by atoms with Crippen LogP contribution >= 0.6 is 0 Å². The molecule has 2 nitrogen and oxygen atoms in total. The highest BCUT2D eigenvalue weighted by molar-refractivity contribution is 5.99. The van der Waals surface area contributed by atoms with Gasteiger partial charge in [0.1, 0.15) is 17.7 Å². The van der Waals surface area contributed by atoms with Crippen LogP contribution in [-0.2, 0) is 0 Å². The topological polar surface area (TPSA) is 37.3 Å². The zero-order valence-electron chi connectivity index (χ0n) is 8.34. The summed E-state index contributed by atoms with van der Waals surface area (Å²) in [7, 11) is 0. The summed E-state index contributed by atoms with van der Waals surface area (Å²) >= 11 is 0. The molecular weight excluding hydrogens is 202 g/mol. The lowest BCUT2D eigenvalue weighted by atomic mass is 10.0. The van der Waals surface area contributed by atoms with Gasteiger partial charge in [-0.3, -0.25) is 4.79 Å². The second-order valence-electron chi connectivity index (χ2n) is 3.27. The molecule has 0 aromatic heterocycles. The van der Waals surface area contributed by atoms with Gasteiger partial charge in [0, 0.05) is 0 Å². The summed E-state index contributed by atoms with van der Waals surface area (Å²) in [5.74, 6) is -2.77. The molecule has 15 heavy (non-hydrogen) atoms. The normalized spacial score (nSPS) is 12.5. The van der Waals surface area contributed by atoms with Crippen LogP contribution in [0, 0.1) is 11.6 Å². The Morgan fingerprint density at radius 1 is 1.40 bits per heavy atom. The number of aliphatic hydroxyl groups is 1. The highest BCUT2D eigenvalue weighted by atomic mass is 19.1. The van der Waals surface area contributed by atoms with Gasteiger partial charge in [-0.25, -0.2) is 8.78 Å². The lowest BCUT2D eigenvalue weighted by Gasteiger charge is -2.09. The highest BCUT2D eigenvalue weighted by Crippen LogP contribution is 2.15. The van der Waals surface area contributed by atoms with Crippen molar-refractivity contribution in [3.8, 4) is 0 Å². The Morgan fingerprint density at radius 3 is 2.40 bits per heavy atom. The number of carbonyl (C=O) groups excluding carboxylic acids is 1. The first-order valence-electron chi connectivity index (χ1n) is 4.74. The summed E-state index contributed by atoms with van der Waals surface area (Å²) in [6.45, 7) is 1.77. The van der Waals surface area contributed by atoms with Crippen molar-refractivity contribution in [1.82, 2.24) is 0 Å². The van der Waals surface area contributed by atoms with Crippen molar-refractivity contribution in [3.63, 3.8) is 0 Å². The predicted octanol–water partition coefficient (Wildman–Crippen LogP) is 2.31. The third-order valence-corrected chi connectivity index (χ3v) is 2.07. The van der Waals surface area contributed by atoms with E-state index in [1.54, 1.807) is 6.92 Å². The van der Waals surface area contributed by atoms with Crippen molar-refractivity contribution >= 4 is 5.78 Å². The molecule has 1 unspecified atom stereocenters. The van der Waals surface area contributed by atoms with Crippen LogP contribution in [0.15, 0.2) is 18.2 Å². The number of halogens is 2. The second-order valence-corrected chi connectivity index (χ2v) is 3.27. The van der Waals surface area contributed by atoms with Gasteiger partial charge in [-0.05, 0) is 18.6 Å². The van der Waals surface area contributed by atoms with E-state index in [2.05, 4.69) is 0 Å². The fraction of sp³-hybridized carbons (Fsp3) is 0.364. The molecule has 0 aliphatic heterocycles. The van der Waals surface area contributed by atoms with Crippen molar-refractivity contribution in [2.24, 2.45) is 0 Å². The van der Waals surface area contributed by atoms with E-state index in [0.717, 1.165) is 12.1 Å². The minimum absolute atomic E-state index is 0.201. The number of hydrogen-bond acceptors (Lipinski definition) is 2. The van der Waals surface area contributed by atoms with Crippen LogP contribution in [0.1, 0.15) is 30.1 Å². The van der Waals surface area contributed by atoms with Gasteiger partial charge in [0.15, 0.2) is 5.78 Å². The monoisotopic (exact) mass is 214 g/mol. The molecule has 4 heteroatoms. The molecule has 1 atom stereocenters. The maximum absolute atomic E-state index is 13.1. The van der Waals surface area contributed by atoms with Crippen LogP contribution in [0.25, 0.3) is 0 Å². The fourth-order valence-electron chi connectivity index (χ4n) is 1.30. The van der Waals surface area contributed by atoms with Crippen LogP contribution in [0.4, 0.5) is 8.78 Å². The summed E-state index contributed by atoms with van der Waals surface area (Å²) in [6, 6.07) is 3.16. The summed E-state index contributed by atoms with van der Waals surface area (Å²) < 4.78 is 26.3. The number of hydrogen-bond donors (Lipinski definition) is 1. The minimum atomic E-state index is -1.33. The van der Waals surface area contributed by atoms with E-state index in [9.17, 15) is 18.7 Å². The lowest BCUT2D eigenvalue weighted by Crippen LogP contribution is -2.22. The van der Waals surface area contributed by atoms with Crippen molar-refractivity contribution in [2.45, 2.75) is 25.9 Å². The summed E-state index contributed by atoms with van der Waals surface area (Å²) in [5, 5.41) is 9.34. The third kappa shape index (κ3) is 2.59. The fourth-order valence-corrected chi connectivity index (χ4v) is 1.30. The first kappa shape index (κ1) is 11.8. The van der Waals surface area contributed by atoms with Gasteiger partial charge in [-0.2, -0.15) is 0 Å². The zero-order chi connectivity index (χ0) is 11.4. The average molecular weight is 214 g/mol. The summed E-state index contributed by atoms with van der Waals surface area (Å²) in [5.41, 5.74) is -0.654. The van der Waals surface area contributed by atoms with Gasteiger partial charge in [-0.15, -0.1) is 0 Å². The molecule has 0 saturated carbocycles. The molecule has 0 fully saturated rings. The Kier molecular flexibility index (Phi) is 3.91. The first-order valence-corrected chi connectivity index (χ1v) is 4.74. The predicted molar refractivity (Wildman–Crippen MR) is 51.6 cm³/mol. The molecule has 1 rings (SSSR count). The quantitative estimate of drug-likeness (QED) is 0.781. The van der Waals surface area contributed by atoms with Crippen molar-refractivity contribution in [3.05, 3.63) is 35.4 Å². The Bertz CT molecular complexity index is 343. The van der Waals surface area contributed by atoms with Gasteiger partial charge in [0.2, 0.25) is 0 Å². The van der Waals surface area contributed by atoms with Crippen molar-refractivity contribution < 1.29 is 18.7 Å². The van der Waals surface area contributed by atoms with Crippen molar-refractivity contribution in [2.75, 3.05) is 0 Å². The Morgan fingerprint density at radius 2 is 1.93 bits per heavy atom. The SMILES string of the molecule is CCCC(O)C(=O)c1c(F)cccc1F. The molecule has 0 aliphatic carbocycles. The van der Waals surface area contributed by atoms with E-state index < -0.39 is 29.1 Å². The first-order chi connectivity index (χ1) is 7.07. The molecule has 82 valence electrons. The molecule has 0 bridgehead atoms. The van der Waals surface area contributed by atoms with Gasteiger partial charge < -0.3 is 5.11 Å². The van der Waals surface area contributed by atoms with Crippen molar-refractivity contribution in [1.29, 1.82) is 0 Å². The van der Waals surface area contributed by atoms with Gasteiger partial charge in [0.05, 0.1) is 5.56 Å². The number of rotatable bonds is 4. The maximum atomic E-state index is 13.1. The van der Waals surface area contributed by atoms with E-state index >= 15 is 0 Å². The van der Waals surface area contributed by atoms with Crippen LogP contribution in [0.5, 0.6) is 0 Å². The molecule has 0 radical (unpaired) electrons. The number of Topliss-reactive ketones (excluding diaryl/α,β-unsaturated/α-hetero) is 1. The molecule has 0 saturated heterocycles. The molecule has 1 aromatic rings. The molecule has 0 amide bonds. The van der Waals surface area contributed by atoms with Crippen LogP contribution in [0.2, 0.25) is 0 Å². The maximum Gasteiger partial charge on any atom is 0.197 e. The highest BCUT2D eigenvalue weighted by Gasteiger charge is 2.23.